The quantitative estimate of drug-likeness (QED) is 0.694. The van der Waals surface area contributed by atoms with Crippen LogP contribution in [0, 0.1) is 5.41 Å². The van der Waals surface area contributed by atoms with Gasteiger partial charge in [0.1, 0.15) is 5.76 Å². The average Bonchev–Trinajstić information content (AvgIpc) is 2.93. The van der Waals surface area contributed by atoms with Crippen molar-refractivity contribution in [2.75, 3.05) is 4.90 Å². The van der Waals surface area contributed by atoms with Gasteiger partial charge in [-0.25, -0.2) is 0 Å². The summed E-state index contributed by atoms with van der Waals surface area (Å²) in [5, 5.41) is 10.7. The molecule has 1 aliphatic carbocycles. The number of carbonyl (C=O) groups is 2. The largest absolute Gasteiger partial charge is 0.512 e. The van der Waals surface area contributed by atoms with Crippen molar-refractivity contribution < 1.29 is 27.9 Å². The molecular weight excluding hydrogens is 395 g/mol. The lowest BCUT2D eigenvalue weighted by molar-refractivity contribution is -0.137. The Kier molecular flexibility index (Phi) is 4.52. The standard InChI is InChI=1S/C23H20F3NO3/c1-22(2)11-17(28)19(18(29)12-22)20-15-8-3-4-9-16(15)21(30)27(20)14-7-5-6-13(10-14)23(24,25)26/h3-10,20,28H,11-12H2,1-2H3. The van der Waals surface area contributed by atoms with E-state index in [2.05, 4.69) is 0 Å². The van der Waals surface area contributed by atoms with Crippen LogP contribution in [0.3, 0.4) is 0 Å². The van der Waals surface area contributed by atoms with Crippen molar-refractivity contribution in [2.45, 2.75) is 38.9 Å². The summed E-state index contributed by atoms with van der Waals surface area (Å²) in [5.74, 6) is -0.939. The molecule has 0 bridgehead atoms. The first-order valence-corrected chi connectivity index (χ1v) is 9.54. The second kappa shape index (κ2) is 6.72. The van der Waals surface area contributed by atoms with Crippen LogP contribution in [-0.2, 0) is 11.0 Å². The van der Waals surface area contributed by atoms with Gasteiger partial charge in [-0.05, 0) is 35.2 Å². The van der Waals surface area contributed by atoms with Gasteiger partial charge in [-0.1, -0.05) is 38.1 Å². The van der Waals surface area contributed by atoms with Crippen molar-refractivity contribution in [1.82, 2.24) is 0 Å². The lowest BCUT2D eigenvalue weighted by Gasteiger charge is -2.34. The number of amides is 1. The number of anilines is 1. The summed E-state index contributed by atoms with van der Waals surface area (Å²) < 4.78 is 39.8. The van der Waals surface area contributed by atoms with Crippen LogP contribution in [-0.4, -0.2) is 16.8 Å². The van der Waals surface area contributed by atoms with E-state index in [1.807, 2.05) is 13.8 Å². The molecule has 30 heavy (non-hydrogen) atoms. The molecule has 4 nitrogen and oxygen atoms in total. The number of hydrogen-bond donors (Lipinski definition) is 1. The number of allylic oxidation sites excluding steroid dienone is 1. The topological polar surface area (TPSA) is 57.6 Å². The number of aliphatic hydroxyl groups is 1. The molecule has 0 fully saturated rings. The zero-order valence-electron chi connectivity index (χ0n) is 16.5. The summed E-state index contributed by atoms with van der Waals surface area (Å²) in [6.07, 6.45) is -4.15. The number of hydrogen-bond acceptors (Lipinski definition) is 3. The van der Waals surface area contributed by atoms with Gasteiger partial charge in [-0.15, -0.1) is 0 Å². The zero-order chi connectivity index (χ0) is 21.8. The van der Waals surface area contributed by atoms with Crippen LogP contribution in [0.5, 0.6) is 0 Å². The summed E-state index contributed by atoms with van der Waals surface area (Å²) in [7, 11) is 0. The number of Topliss-reactive ketones (excluding diaryl/α,β-unsaturated/α-hetero) is 1. The molecule has 4 rings (SSSR count). The minimum Gasteiger partial charge on any atom is -0.512 e. The van der Waals surface area contributed by atoms with Crippen LogP contribution in [0.25, 0.3) is 0 Å². The van der Waals surface area contributed by atoms with Crippen molar-refractivity contribution in [3.8, 4) is 0 Å². The minimum absolute atomic E-state index is 0.0222. The maximum Gasteiger partial charge on any atom is 0.416 e. The highest BCUT2D eigenvalue weighted by Crippen LogP contribution is 2.47. The Bertz CT molecular complexity index is 1090. The van der Waals surface area contributed by atoms with E-state index in [4.69, 9.17) is 0 Å². The Balaban J connectivity index is 1.91. The van der Waals surface area contributed by atoms with Crippen LogP contribution in [0.2, 0.25) is 0 Å². The van der Waals surface area contributed by atoms with Gasteiger partial charge < -0.3 is 5.11 Å². The zero-order valence-corrected chi connectivity index (χ0v) is 16.5. The van der Waals surface area contributed by atoms with Gasteiger partial charge in [-0.2, -0.15) is 13.2 Å². The number of carbonyl (C=O) groups excluding carboxylic acids is 2. The Morgan fingerprint density at radius 2 is 1.73 bits per heavy atom. The first kappa shape index (κ1) is 20.2. The number of rotatable bonds is 2. The number of nitrogens with zero attached hydrogens (tertiary/aromatic N) is 1. The normalized spacial score (nSPS) is 21.2. The van der Waals surface area contributed by atoms with Gasteiger partial charge in [0.2, 0.25) is 0 Å². The monoisotopic (exact) mass is 415 g/mol. The molecule has 2 aromatic rings. The van der Waals surface area contributed by atoms with Gasteiger partial charge in [0, 0.05) is 24.1 Å². The van der Waals surface area contributed by atoms with Crippen LogP contribution in [0.1, 0.15) is 54.2 Å². The van der Waals surface area contributed by atoms with Gasteiger partial charge in [-0.3, -0.25) is 14.5 Å². The summed E-state index contributed by atoms with van der Waals surface area (Å²) >= 11 is 0. The van der Waals surface area contributed by atoms with E-state index in [9.17, 15) is 27.9 Å². The Morgan fingerprint density at radius 3 is 2.40 bits per heavy atom. The number of alkyl halides is 3. The van der Waals surface area contributed by atoms with E-state index in [1.165, 1.54) is 17.0 Å². The summed E-state index contributed by atoms with van der Waals surface area (Å²) in [5.41, 5.74) is -0.434. The molecule has 0 saturated carbocycles. The van der Waals surface area contributed by atoms with Crippen molar-refractivity contribution in [2.24, 2.45) is 5.41 Å². The highest BCUT2D eigenvalue weighted by atomic mass is 19.4. The summed E-state index contributed by atoms with van der Waals surface area (Å²) in [6, 6.07) is 10.1. The van der Waals surface area contributed by atoms with Crippen molar-refractivity contribution in [3.05, 3.63) is 76.6 Å². The Hall–Kier alpha value is -3.09. The molecule has 2 aromatic carbocycles. The van der Waals surface area contributed by atoms with Crippen LogP contribution >= 0.6 is 0 Å². The molecule has 0 spiro atoms. The van der Waals surface area contributed by atoms with Gasteiger partial charge >= 0.3 is 6.18 Å². The smallest absolute Gasteiger partial charge is 0.416 e. The molecule has 7 heteroatoms. The van der Waals surface area contributed by atoms with Gasteiger partial charge in [0.25, 0.3) is 5.91 Å². The molecular formula is C23H20F3NO3. The van der Waals surface area contributed by atoms with E-state index < -0.39 is 29.1 Å². The highest BCUT2D eigenvalue weighted by molar-refractivity contribution is 6.14. The predicted molar refractivity (Wildman–Crippen MR) is 105 cm³/mol. The Morgan fingerprint density at radius 1 is 1.03 bits per heavy atom. The van der Waals surface area contributed by atoms with Crippen molar-refractivity contribution >= 4 is 17.4 Å². The lowest BCUT2D eigenvalue weighted by atomic mass is 9.74. The average molecular weight is 415 g/mol. The molecule has 1 amide bonds. The lowest BCUT2D eigenvalue weighted by Crippen LogP contribution is -2.35. The second-order valence-electron chi connectivity index (χ2n) is 8.51. The second-order valence-corrected chi connectivity index (χ2v) is 8.51. The molecule has 156 valence electrons. The Labute approximate surface area is 171 Å². The van der Waals surface area contributed by atoms with Crippen LogP contribution in [0.15, 0.2) is 59.9 Å². The molecule has 0 radical (unpaired) electrons. The molecule has 1 N–H and O–H groups in total. The maximum absolute atomic E-state index is 13.3. The van der Waals surface area contributed by atoms with Gasteiger partial charge in [0.15, 0.2) is 5.78 Å². The molecule has 0 aromatic heterocycles. The fourth-order valence-corrected chi connectivity index (χ4v) is 4.31. The van der Waals surface area contributed by atoms with E-state index in [0.29, 0.717) is 11.1 Å². The molecule has 1 aliphatic heterocycles. The molecule has 1 heterocycles. The fraction of sp³-hybridized carbons (Fsp3) is 0.304. The maximum atomic E-state index is 13.3. The van der Waals surface area contributed by atoms with Crippen LogP contribution < -0.4 is 4.90 Å². The summed E-state index contributed by atoms with van der Waals surface area (Å²) in [4.78, 5) is 27.4. The summed E-state index contributed by atoms with van der Waals surface area (Å²) in [6.45, 7) is 3.71. The van der Waals surface area contributed by atoms with Crippen molar-refractivity contribution in [1.29, 1.82) is 0 Å². The minimum atomic E-state index is -4.58. The number of aliphatic hydroxyl groups excluding tert-OH is 1. The van der Waals surface area contributed by atoms with E-state index >= 15 is 0 Å². The number of benzene rings is 2. The number of fused-ring (bicyclic) bond motifs is 1. The molecule has 1 atom stereocenters. The molecule has 2 aliphatic rings. The third kappa shape index (κ3) is 3.28. The third-order valence-electron chi connectivity index (χ3n) is 5.58. The molecule has 0 saturated heterocycles. The fourth-order valence-electron chi connectivity index (χ4n) is 4.31. The SMILES string of the molecule is CC1(C)CC(=O)C(C2c3ccccc3C(=O)N2c2cccc(C(F)(F)F)c2)=C(O)C1. The van der Waals surface area contributed by atoms with Crippen LogP contribution in [0.4, 0.5) is 18.9 Å². The highest BCUT2D eigenvalue weighted by Gasteiger charge is 2.46. The van der Waals surface area contributed by atoms with Gasteiger partial charge in [0.05, 0.1) is 17.2 Å². The van der Waals surface area contributed by atoms with E-state index in [0.717, 1.165) is 12.1 Å². The first-order valence-electron chi connectivity index (χ1n) is 9.54. The van der Waals surface area contributed by atoms with Crippen molar-refractivity contribution in [3.63, 3.8) is 0 Å². The van der Waals surface area contributed by atoms with E-state index in [-0.39, 0.29) is 35.6 Å². The first-order chi connectivity index (χ1) is 14.0. The number of halogens is 3. The predicted octanol–water partition coefficient (Wildman–Crippen LogP) is 5.61. The third-order valence-corrected chi connectivity index (χ3v) is 5.58. The number of ketones is 1. The molecule has 1 unspecified atom stereocenters. The van der Waals surface area contributed by atoms with E-state index in [1.54, 1.807) is 24.3 Å².